The number of hydrogen-bond acceptors (Lipinski definition) is 4. The fourth-order valence-electron chi connectivity index (χ4n) is 1.99. The van der Waals surface area contributed by atoms with Gasteiger partial charge in [0.15, 0.2) is 0 Å². The molecule has 1 amide bonds. The Hall–Kier alpha value is -0.500. The first-order chi connectivity index (χ1) is 10.8. The highest BCUT2D eigenvalue weighted by Gasteiger charge is 2.29. The van der Waals surface area contributed by atoms with Crippen LogP contribution in [0.4, 0.5) is 0 Å². The number of amides is 1. The van der Waals surface area contributed by atoms with Gasteiger partial charge in [-0.3, -0.25) is 14.4 Å². The van der Waals surface area contributed by atoms with E-state index in [1.807, 2.05) is 48.5 Å². The van der Waals surface area contributed by atoms with Crippen LogP contribution in [0, 0.1) is 5.92 Å². The van der Waals surface area contributed by atoms with Crippen LogP contribution in [0.2, 0.25) is 0 Å². The second kappa shape index (κ2) is 9.85. The van der Waals surface area contributed by atoms with Gasteiger partial charge < -0.3 is 10.1 Å². The van der Waals surface area contributed by atoms with E-state index >= 15 is 0 Å². The maximum absolute atomic E-state index is 12.0. The van der Waals surface area contributed by atoms with Crippen LogP contribution in [0.3, 0.4) is 0 Å². The molecule has 0 saturated heterocycles. The summed E-state index contributed by atoms with van der Waals surface area (Å²) in [5.41, 5.74) is -1.14. The van der Waals surface area contributed by atoms with Gasteiger partial charge in [-0.05, 0) is 34.6 Å². The van der Waals surface area contributed by atoms with Crippen LogP contribution < -0.4 is 5.32 Å². The SMILES string of the molecule is CC(C)C(=O)CCC(=O)NC(C)(C)COC(C)(C)CC(=O)C(C)I. The molecule has 5 nitrogen and oxygen atoms in total. The van der Waals surface area contributed by atoms with Gasteiger partial charge in [-0.2, -0.15) is 0 Å². The van der Waals surface area contributed by atoms with E-state index in [-0.39, 0.29) is 40.2 Å². The van der Waals surface area contributed by atoms with Crippen molar-refractivity contribution in [1.82, 2.24) is 5.32 Å². The van der Waals surface area contributed by atoms with Crippen molar-refractivity contribution in [3.63, 3.8) is 0 Å². The minimum atomic E-state index is -0.577. The monoisotopic (exact) mass is 453 g/mol. The Labute approximate surface area is 159 Å². The fraction of sp³-hybridized carbons (Fsp3) is 0.833. The van der Waals surface area contributed by atoms with E-state index in [4.69, 9.17) is 4.74 Å². The number of hydrogen-bond donors (Lipinski definition) is 1. The van der Waals surface area contributed by atoms with Gasteiger partial charge in [0.1, 0.15) is 11.6 Å². The van der Waals surface area contributed by atoms with E-state index in [0.717, 1.165) is 0 Å². The lowest BCUT2D eigenvalue weighted by Gasteiger charge is -2.32. The number of rotatable bonds is 11. The third kappa shape index (κ3) is 10.4. The number of halogens is 1. The molecule has 0 bridgehead atoms. The predicted molar refractivity (Wildman–Crippen MR) is 104 cm³/mol. The maximum atomic E-state index is 12.0. The predicted octanol–water partition coefficient (Wildman–Crippen LogP) is 3.46. The number of ketones is 2. The third-order valence-electron chi connectivity index (χ3n) is 3.59. The summed E-state index contributed by atoms with van der Waals surface area (Å²) in [5, 5.41) is 2.90. The zero-order valence-corrected chi connectivity index (χ0v) is 18.2. The van der Waals surface area contributed by atoms with Crippen molar-refractivity contribution >= 4 is 40.1 Å². The van der Waals surface area contributed by atoms with E-state index in [1.165, 1.54) is 0 Å². The normalized spacial score (nSPS) is 13.7. The molecule has 0 rings (SSSR count). The molecule has 0 radical (unpaired) electrons. The quantitative estimate of drug-likeness (QED) is 0.384. The Morgan fingerprint density at radius 3 is 2.00 bits per heavy atom. The third-order valence-corrected chi connectivity index (χ3v) is 4.28. The Bertz CT molecular complexity index is 456. The van der Waals surface area contributed by atoms with Gasteiger partial charge in [0.25, 0.3) is 0 Å². The topological polar surface area (TPSA) is 72.5 Å². The summed E-state index contributed by atoms with van der Waals surface area (Å²) < 4.78 is 5.83. The molecule has 0 spiro atoms. The molecule has 0 aromatic carbocycles. The molecule has 1 unspecified atom stereocenters. The van der Waals surface area contributed by atoms with Gasteiger partial charge in [0.2, 0.25) is 5.91 Å². The van der Waals surface area contributed by atoms with Crippen molar-refractivity contribution in [3.8, 4) is 0 Å². The fourth-order valence-corrected chi connectivity index (χ4v) is 2.21. The van der Waals surface area contributed by atoms with E-state index in [0.29, 0.717) is 13.0 Å². The molecule has 0 aliphatic heterocycles. The van der Waals surface area contributed by atoms with Crippen LogP contribution in [-0.2, 0) is 19.1 Å². The molecule has 0 aromatic heterocycles. The zero-order chi connectivity index (χ0) is 19.1. The number of alkyl halides is 1. The maximum Gasteiger partial charge on any atom is 0.220 e. The molecule has 0 aromatic rings. The molecule has 0 fully saturated rings. The highest BCUT2D eigenvalue weighted by molar-refractivity contribution is 14.1. The van der Waals surface area contributed by atoms with Crippen molar-refractivity contribution < 1.29 is 19.1 Å². The molecule has 24 heavy (non-hydrogen) atoms. The van der Waals surface area contributed by atoms with E-state index in [9.17, 15) is 14.4 Å². The Morgan fingerprint density at radius 1 is 1.00 bits per heavy atom. The molecule has 6 heteroatoms. The average molecular weight is 453 g/mol. The summed E-state index contributed by atoms with van der Waals surface area (Å²) in [6, 6.07) is 0. The summed E-state index contributed by atoms with van der Waals surface area (Å²) in [5.74, 6) is 0.0292. The lowest BCUT2D eigenvalue weighted by molar-refractivity contribution is -0.130. The van der Waals surface area contributed by atoms with E-state index < -0.39 is 11.1 Å². The van der Waals surface area contributed by atoms with Gasteiger partial charge in [0, 0.05) is 25.2 Å². The Balaban J connectivity index is 4.40. The Kier molecular flexibility index (Phi) is 9.64. The smallest absolute Gasteiger partial charge is 0.220 e. The van der Waals surface area contributed by atoms with Crippen LogP contribution in [-0.4, -0.2) is 39.1 Å². The van der Waals surface area contributed by atoms with Crippen molar-refractivity contribution in [3.05, 3.63) is 0 Å². The van der Waals surface area contributed by atoms with Crippen LogP contribution in [0.5, 0.6) is 0 Å². The minimum Gasteiger partial charge on any atom is -0.373 e. The highest BCUT2D eigenvalue weighted by Crippen LogP contribution is 2.20. The van der Waals surface area contributed by atoms with Gasteiger partial charge >= 0.3 is 0 Å². The molecule has 0 heterocycles. The number of Topliss-reactive ketones (excluding diaryl/α,β-unsaturated/α-hetero) is 2. The number of ether oxygens (including phenoxy) is 1. The van der Waals surface area contributed by atoms with Crippen LogP contribution >= 0.6 is 22.6 Å². The first kappa shape index (κ1) is 23.5. The van der Waals surface area contributed by atoms with Crippen molar-refractivity contribution in [2.45, 2.75) is 82.8 Å². The first-order valence-electron chi connectivity index (χ1n) is 8.40. The molecule has 0 aliphatic carbocycles. The van der Waals surface area contributed by atoms with E-state index in [2.05, 4.69) is 27.9 Å². The lowest BCUT2D eigenvalue weighted by atomic mass is 9.99. The second-order valence-corrected chi connectivity index (χ2v) is 9.73. The van der Waals surface area contributed by atoms with Crippen molar-refractivity contribution in [2.75, 3.05) is 6.61 Å². The van der Waals surface area contributed by atoms with Crippen LogP contribution in [0.1, 0.15) is 67.7 Å². The number of carbonyl (C=O) groups is 3. The first-order valence-corrected chi connectivity index (χ1v) is 9.65. The minimum absolute atomic E-state index is 0.0447. The molecular formula is C18H32INO4. The average Bonchev–Trinajstić information content (AvgIpc) is 2.41. The summed E-state index contributed by atoms with van der Waals surface area (Å²) in [4.78, 5) is 35.5. The number of carbonyl (C=O) groups excluding carboxylic acids is 3. The lowest BCUT2D eigenvalue weighted by Crippen LogP contribution is -2.49. The molecule has 1 N–H and O–H groups in total. The zero-order valence-electron chi connectivity index (χ0n) is 16.0. The summed E-state index contributed by atoms with van der Waals surface area (Å²) >= 11 is 2.10. The highest BCUT2D eigenvalue weighted by atomic mass is 127. The summed E-state index contributed by atoms with van der Waals surface area (Å²) in [6.07, 6.45) is 0.784. The molecule has 0 aliphatic rings. The molecular weight excluding hydrogens is 421 g/mol. The van der Waals surface area contributed by atoms with Crippen LogP contribution in [0.25, 0.3) is 0 Å². The van der Waals surface area contributed by atoms with Crippen molar-refractivity contribution in [1.29, 1.82) is 0 Å². The van der Waals surface area contributed by atoms with Gasteiger partial charge in [0.05, 0.1) is 21.7 Å². The second-order valence-electron chi connectivity index (χ2n) is 7.86. The van der Waals surface area contributed by atoms with Gasteiger partial charge in [-0.25, -0.2) is 0 Å². The standard InChI is InChI=1S/C18H32INO4/c1-12(2)14(21)8-9-16(23)20-17(4,5)11-24-18(6,7)10-15(22)13(3)19/h12-13H,8-11H2,1-7H3,(H,20,23). The Morgan fingerprint density at radius 2 is 1.54 bits per heavy atom. The molecule has 140 valence electrons. The van der Waals surface area contributed by atoms with Crippen LogP contribution in [0.15, 0.2) is 0 Å². The molecule has 0 saturated carbocycles. The van der Waals surface area contributed by atoms with Gasteiger partial charge in [-0.15, -0.1) is 0 Å². The van der Waals surface area contributed by atoms with Gasteiger partial charge in [-0.1, -0.05) is 36.4 Å². The van der Waals surface area contributed by atoms with Crippen molar-refractivity contribution in [2.24, 2.45) is 5.92 Å². The van der Waals surface area contributed by atoms with E-state index in [1.54, 1.807) is 0 Å². The summed E-state index contributed by atoms with van der Waals surface area (Å²) in [7, 11) is 0. The largest absolute Gasteiger partial charge is 0.373 e. The number of nitrogens with one attached hydrogen (secondary N) is 1. The summed E-state index contributed by atoms with van der Waals surface area (Å²) in [6.45, 7) is 13.3. The molecule has 1 atom stereocenters.